The molecular weight excluding hydrogens is 398 g/mol. The summed E-state index contributed by atoms with van der Waals surface area (Å²) < 4.78 is 32.0. The summed E-state index contributed by atoms with van der Waals surface area (Å²) in [4.78, 5) is 41.4. The summed E-state index contributed by atoms with van der Waals surface area (Å²) >= 11 is 0. The molecule has 29 heavy (non-hydrogen) atoms. The van der Waals surface area contributed by atoms with E-state index >= 15 is 0 Å². The van der Waals surface area contributed by atoms with Gasteiger partial charge in [-0.05, 0) is 45.4 Å². The average molecular weight is 419 g/mol. The van der Waals surface area contributed by atoms with Crippen LogP contribution in [-0.2, 0) is 19.6 Å². The summed E-state index contributed by atoms with van der Waals surface area (Å²) in [7, 11) is -3.49. The maximum Gasteiger partial charge on any atom is 0.340 e. The minimum absolute atomic E-state index is 0.151. The number of nitrogens with zero attached hydrogens (tertiary/aromatic N) is 2. The maximum atomic E-state index is 12.7. The van der Waals surface area contributed by atoms with Gasteiger partial charge in [-0.1, -0.05) is 0 Å². The number of aromatic nitrogens is 1. The Balaban J connectivity index is 1.74. The number of aryl methyl sites for hydroxylation is 1. The number of sulfonamides is 1. The zero-order valence-corrected chi connectivity index (χ0v) is 17.3. The molecular formula is C19H21N3O6S. The Morgan fingerprint density at radius 2 is 1.93 bits per heavy atom. The van der Waals surface area contributed by atoms with Crippen molar-refractivity contribution in [2.75, 3.05) is 12.3 Å². The van der Waals surface area contributed by atoms with Crippen molar-refractivity contribution in [2.24, 2.45) is 4.40 Å². The summed E-state index contributed by atoms with van der Waals surface area (Å²) in [6.07, 6.45) is 3.18. The van der Waals surface area contributed by atoms with Gasteiger partial charge in [0, 0.05) is 24.0 Å². The number of rotatable bonds is 5. The number of esters is 1. The lowest BCUT2D eigenvalue weighted by atomic mass is 10.0. The highest BCUT2D eigenvalue weighted by molar-refractivity contribution is 7.90. The predicted molar refractivity (Wildman–Crippen MR) is 105 cm³/mol. The van der Waals surface area contributed by atoms with Gasteiger partial charge in [-0.15, -0.1) is 4.40 Å². The second kappa shape index (κ2) is 7.43. The number of Topliss-reactive ketones (excluding diaryl/α,β-unsaturated/α-hetero) is 2. The molecule has 0 amide bonds. The van der Waals surface area contributed by atoms with E-state index < -0.39 is 27.9 Å². The normalized spacial score (nSPS) is 18.4. The van der Waals surface area contributed by atoms with Gasteiger partial charge in [0.1, 0.15) is 5.84 Å². The molecule has 0 fully saturated rings. The molecule has 10 heteroatoms. The number of H-pyrrole nitrogens is 1. The second-order valence-corrected chi connectivity index (χ2v) is 8.69. The van der Waals surface area contributed by atoms with Crippen LogP contribution in [0.5, 0.6) is 0 Å². The minimum Gasteiger partial charge on any atom is -0.451 e. The highest BCUT2D eigenvalue weighted by atomic mass is 32.2. The van der Waals surface area contributed by atoms with Gasteiger partial charge in [0.15, 0.2) is 11.9 Å². The number of carbonyl (C=O) groups excluding carboxylic acids is 3. The third kappa shape index (κ3) is 4.07. The van der Waals surface area contributed by atoms with Gasteiger partial charge in [-0.2, -0.15) is 0 Å². The molecule has 1 N–H and O–H groups in total. The van der Waals surface area contributed by atoms with Gasteiger partial charge < -0.3 is 14.6 Å². The van der Waals surface area contributed by atoms with E-state index in [2.05, 4.69) is 9.38 Å². The van der Waals surface area contributed by atoms with Crippen LogP contribution < -0.4 is 0 Å². The molecule has 154 valence electrons. The molecule has 3 heterocycles. The zero-order valence-electron chi connectivity index (χ0n) is 16.5. The summed E-state index contributed by atoms with van der Waals surface area (Å²) in [6, 6.07) is 0. The molecule has 3 rings (SSSR count). The SMILES string of the molecule is CC(=O)c1c(C)[nH]c(C(=O)C(C)OC(=O)C2=CN3CCS(=O)(=O)N=C3C=C2)c1C. The molecule has 9 nitrogen and oxygen atoms in total. The van der Waals surface area contributed by atoms with E-state index in [0.29, 0.717) is 16.8 Å². The minimum atomic E-state index is -3.49. The molecule has 1 atom stereocenters. The lowest BCUT2D eigenvalue weighted by Crippen LogP contribution is -2.37. The van der Waals surface area contributed by atoms with Gasteiger partial charge in [0.2, 0.25) is 5.78 Å². The van der Waals surface area contributed by atoms with Gasteiger partial charge in [0.25, 0.3) is 10.0 Å². The number of ether oxygens (including phenoxy) is 1. The fourth-order valence-corrected chi connectivity index (χ4v) is 4.30. The highest BCUT2D eigenvalue weighted by Gasteiger charge is 2.29. The Bertz CT molecular complexity index is 1110. The van der Waals surface area contributed by atoms with Crippen LogP contribution in [0.15, 0.2) is 28.3 Å². The van der Waals surface area contributed by atoms with Crippen LogP contribution in [0.1, 0.15) is 46.0 Å². The molecule has 2 aliphatic heterocycles. The Morgan fingerprint density at radius 3 is 2.55 bits per heavy atom. The lowest BCUT2D eigenvalue weighted by molar-refractivity contribution is -0.141. The van der Waals surface area contributed by atoms with Crippen molar-refractivity contribution in [3.05, 3.63) is 46.4 Å². The van der Waals surface area contributed by atoms with E-state index in [1.807, 2.05) is 0 Å². The summed E-state index contributed by atoms with van der Waals surface area (Å²) in [5.41, 5.74) is 1.97. The number of hydrogen-bond donors (Lipinski definition) is 1. The van der Waals surface area contributed by atoms with Crippen LogP contribution in [0, 0.1) is 13.8 Å². The molecule has 0 spiro atoms. The van der Waals surface area contributed by atoms with Gasteiger partial charge in [-0.3, -0.25) is 9.59 Å². The number of amidine groups is 1. The first kappa shape index (κ1) is 20.7. The first-order valence-electron chi connectivity index (χ1n) is 8.94. The fourth-order valence-electron chi connectivity index (χ4n) is 3.33. The second-order valence-electron chi connectivity index (χ2n) is 6.94. The van der Waals surface area contributed by atoms with Crippen molar-refractivity contribution in [1.82, 2.24) is 9.88 Å². The largest absolute Gasteiger partial charge is 0.451 e. The molecule has 0 bridgehead atoms. The number of ketones is 2. The number of aromatic amines is 1. The third-order valence-electron chi connectivity index (χ3n) is 4.75. The van der Waals surface area contributed by atoms with Crippen molar-refractivity contribution in [3.63, 3.8) is 0 Å². The first-order valence-corrected chi connectivity index (χ1v) is 10.6. The van der Waals surface area contributed by atoms with Crippen molar-refractivity contribution in [1.29, 1.82) is 0 Å². The van der Waals surface area contributed by atoms with E-state index in [1.165, 1.54) is 32.2 Å². The van der Waals surface area contributed by atoms with Crippen LogP contribution in [0.3, 0.4) is 0 Å². The maximum absolute atomic E-state index is 12.7. The van der Waals surface area contributed by atoms with E-state index in [1.54, 1.807) is 18.7 Å². The standard InChI is InChI=1S/C19H21N3O6S/c1-10-16(12(3)23)11(2)20-17(10)18(24)13(4)28-19(25)14-5-6-15-21-29(26,27)8-7-22(15)9-14/h5-6,9,13,20H,7-8H2,1-4H3. The monoisotopic (exact) mass is 419 g/mol. The Morgan fingerprint density at radius 1 is 1.24 bits per heavy atom. The molecule has 2 aliphatic rings. The molecule has 1 aromatic heterocycles. The first-order chi connectivity index (χ1) is 13.5. The smallest absolute Gasteiger partial charge is 0.340 e. The summed E-state index contributed by atoms with van der Waals surface area (Å²) in [5.74, 6) is -1.24. The number of fused-ring (bicyclic) bond motifs is 1. The van der Waals surface area contributed by atoms with E-state index in [9.17, 15) is 22.8 Å². The van der Waals surface area contributed by atoms with Crippen LogP contribution in [0.4, 0.5) is 0 Å². The van der Waals surface area contributed by atoms with E-state index in [0.717, 1.165) is 0 Å². The number of hydrogen-bond acceptors (Lipinski definition) is 7. The molecule has 0 aliphatic carbocycles. The molecule has 0 radical (unpaired) electrons. The molecule has 1 unspecified atom stereocenters. The Kier molecular flexibility index (Phi) is 5.31. The fraction of sp³-hybridized carbons (Fsp3) is 0.368. The zero-order chi connectivity index (χ0) is 21.5. The lowest BCUT2D eigenvalue weighted by Gasteiger charge is -2.27. The quantitative estimate of drug-likeness (QED) is 0.565. The Hall–Kier alpha value is -3.01. The van der Waals surface area contributed by atoms with E-state index in [-0.39, 0.29) is 35.2 Å². The van der Waals surface area contributed by atoms with Gasteiger partial charge >= 0.3 is 5.97 Å². The van der Waals surface area contributed by atoms with Crippen LogP contribution in [-0.4, -0.2) is 60.1 Å². The Labute approximate surface area is 168 Å². The summed E-state index contributed by atoms with van der Waals surface area (Å²) in [5, 5.41) is 0. The van der Waals surface area contributed by atoms with E-state index in [4.69, 9.17) is 4.74 Å². The highest BCUT2D eigenvalue weighted by Crippen LogP contribution is 2.21. The van der Waals surface area contributed by atoms with Gasteiger partial charge in [0.05, 0.1) is 17.0 Å². The topological polar surface area (TPSA) is 126 Å². The van der Waals surface area contributed by atoms with Crippen LogP contribution in [0.25, 0.3) is 0 Å². The predicted octanol–water partition coefficient (Wildman–Crippen LogP) is 1.45. The van der Waals surface area contributed by atoms with Crippen molar-refractivity contribution in [3.8, 4) is 0 Å². The summed E-state index contributed by atoms with van der Waals surface area (Å²) in [6.45, 7) is 6.42. The third-order valence-corrected chi connectivity index (χ3v) is 5.91. The molecule has 0 aromatic carbocycles. The number of carbonyl (C=O) groups is 3. The molecule has 0 saturated carbocycles. The van der Waals surface area contributed by atoms with Gasteiger partial charge in [-0.25, -0.2) is 13.2 Å². The van der Waals surface area contributed by atoms with Crippen LogP contribution >= 0.6 is 0 Å². The van der Waals surface area contributed by atoms with Crippen molar-refractivity contribution in [2.45, 2.75) is 33.8 Å². The molecule has 1 aromatic rings. The van der Waals surface area contributed by atoms with Crippen LogP contribution in [0.2, 0.25) is 0 Å². The average Bonchev–Trinajstić information content (AvgIpc) is 2.94. The van der Waals surface area contributed by atoms with Crippen molar-refractivity contribution >= 4 is 33.4 Å². The molecule has 0 saturated heterocycles. The number of nitrogens with one attached hydrogen (secondary N) is 1. The van der Waals surface area contributed by atoms with Crippen molar-refractivity contribution < 1.29 is 27.5 Å².